The molecule has 2 atom stereocenters. The largest absolute Gasteiger partial charge is 0.496 e. The topological polar surface area (TPSA) is 81.7 Å². The van der Waals surface area contributed by atoms with Crippen molar-refractivity contribution >= 4 is 44.8 Å². The lowest BCUT2D eigenvalue weighted by molar-refractivity contribution is -0.129. The second-order valence-electron chi connectivity index (χ2n) is 6.71. The molecule has 1 N–H and O–H groups in total. The van der Waals surface area contributed by atoms with E-state index < -0.39 is 11.9 Å². The van der Waals surface area contributed by atoms with E-state index in [-0.39, 0.29) is 23.4 Å². The van der Waals surface area contributed by atoms with Crippen molar-refractivity contribution in [3.63, 3.8) is 0 Å². The van der Waals surface area contributed by atoms with Gasteiger partial charge in [0.15, 0.2) is 5.78 Å². The van der Waals surface area contributed by atoms with Gasteiger partial charge in [0.05, 0.1) is 25.0 Å². The van der Waals surface area contributed by atoms with Crippen LogP contribution in [0.1, 0.15) is 35.4 Å². The highest BCUT2D eigenvalue weighted by Crippen LogP contribution is 2.37. The minimum atomic E-state index is -0.558. The Morgan fingerprint density at radius 3 is 2.81 bits per heavy atom. The molecular weight excluding hydrogens is 366 g/mol. The molecule has 1 saturated carbocycles. The highest BCUT2D eigenvalue weighted by Gasteiger charge is 2.39. The number of esters is 1. The van der Waals surface area contributed by atoms with Gasteiger partial charge >= 0.3 is 5.97 Å². The van der Waals surface area contributed by atoms with Gasteiger partial charge in [-0.1, -0.05) is 24.6 Å². The first-order chi connectivity index (χ1) is 13.1. The summed E-state index contributed by atoms with van der Waals surface area (Å²) in [5.41, 5.74) is 0.371. The van der Waals surface area contributed by atoms with Crippen LogP contribution in [0.15, 0.2) is 36.1 Å². The lowest BCUT2D eigenvalue weighted by Gasteiger charge is -2.33. The zero-order valence-corrected chi connectivity index (χ0v) is 15.6. The summed E-state index contributed by atoms with van der Waals surface area (Å²) in [5, 5.41) is 3.48. The molecule has 0 spiro atoms. The highest BCUT2D eigenvalue weighted by molar-refractivity contribution is 7.21. The maximum atomic E-state index is 12.8. The molecule has 0 saturated heterocycles. The first kappa shape index (κ1) is 17.7. The van der Waals surface area contributed by atoms with E-state index in [4.69, 9.17) is 9.47 Å². The number of methoxy groups -OCH3 is 1. The third-order valence-electron chi connectivity index (χ3n) is 5.11. The number of nitrogens with one attached hydrogen (secondary N) is 1. The molecule has 4 rings (SSSR count). The van der Waals surface area contributed by atoms with Crippen molar-refractivity contribution in [1.82, 2.24) is 0 Å². The van der Waals surface area contributed by atoms with Gasteiger partial charge in [0, 0.05) is 10.1 Å². The molecule has 1 aliphatic heterocycles. The van der Waals surface area contributed by atoms with Gasteiger partial charge in [-0.2, -0.15) is 0 Å². The molecule has 1 amide bonds. The van der Waals surface area contributed by atoms with E-state index in [1.807, 2.05) is 24.3 Å². The van der Waals surface area contributed by atoms with E-state index in [2.05, 4.69) is 5.32 Å². The number of Topliss-reactive ketones (excluding diaryl/α,β-unsaturated/α-hetero) is 1. The number of hydrogen-bond donors (Lipinski definition) is 1. The molecule has 1 fully saturated rings. The summed E-state index contributed by atoms with van der Waals surface area (Å²) < 4.78 is 11.3. The Hall–Kier alpha value is -2.67. The van der Waals surface area contributed by atoms with E-state index in [9.17, 15) is 14.4 Å². The molecule has 0 bridgehead atoms. The van der Waals surface area contributed by atoms with Crippen LogP contribution in [0.25, 0.3) is 10.1 Å². The molecule has 2 heterocycles. The fourth-order valence-corrected chi connectivity index (χ4v) is 4.80. The Labute approximate surface area is 160 Å². The molecule has 2 unspecified atom stereocenters. The number of ketones is 1. The molecule has 1 aliphatic carbocycles. The summed E-state index contributed by atoms with van der Waals surface area (Å²) in [4.78, 5) is 38.0. The Kier molecular flexibility index (Phi) is 4.70. The minimum absolute atomic E-state index is 0.00393. The van der Waals surface area contributed by atoms with Crippen molar-refractivity contribution in [2.45, 2.75) is 31.8 Å². The summed E-state index contributed by atoms with van der Waals surface area (Å²) in [6.07, 6.45) is 4.72. The average Bonchev–Trinajstić information content (AvgIpc) is 3.06. The molecule has 27 heavy (non-hydrogen) atoms. The maximum absolute atomic E-state index is 12.8. The van der Waals surface area contributed by atoms with E-state index in [1.165, 1.54) is 24.7 Å². The summed E-state index contributed by atoms with van der Waals surface area (Å²) in [6, 6.07) is 7.36. The molecule has 7 heteroatoms. The number of carbonyl (C=O) groups is 3. The van der Waals surface area contributed by atoms with Crippen LogP contribution in [0.2, 0.25) is 0 Å². The van der Waals surface area contributed by atoms with Crippen molar-refractivity contribution in [3.05, 3.63) is 41.0 Å². The molecule has 140 valence electrons. The Morgan fingerprint density at radius 2 is 2.00 bits per heavy atom. The molecule has 6 nitrogen and oxygen atoms in total. The standard InChI is InChI=1S/C20H19NO5S/c1-25-20(24)18-16(12-7-3-5-9-15(12)27-18)21-19(23)13-10-26-14-8-4-2-6-11(14)17(13)22/h3,5,7,9-11,14H,2,4,6,8H2,1H3,(H,21,23). The zero-order valence-electron chi connectivity index (χ0n) is 14.8. The van der Waals surface area contributed by atoms with Gasteiger partial charge in [0.1, 0.15) is 16.6 Å². The number of thiophene rings is 1. The number of anilines is 1. The van der Waals surface area contributed by atoms with Gasteiger partial charge in [0.2, 0.25) is 0 Å². The highest BCUT2D eigenvalue weighted by atomic mass is 32.1. The predicted octanol–water partition coefficient (Wildman–Crippen LogP) is 3.67. The van der Waals surface area contributed by atoms with Crippen molar-refractivity contribution in [2.24, 2.45) is 5.92 Å². The molecule has 2 aliphatic rings. The molecule has 2 aromatic rings. The Morgan fingerprint density at radius 1 is 1.22 bits per heavy atom. The quantitative estimate of drug-likeness (QED) is 0.644. The van der Waals surface area contributed by atoms with Crippen molar-refractivity contribution in [3.8, 4) is 0 Å². The van der Waals surface area contributed by atoms with Crippen LogP contribution in [0.3, 0.4) is 0 Å². The van der Waals surface area contributed by atoms with Crippen molar-refractivity contribution < 1.29 is 23.9 Å². The fraction of sp³-hybridized carbons (Fsp3) is 0.350. The van der Waals surface area contributed by atoms with Crippen LogP contribution in [0.4, 0.5) is 5.69 Å². The molecule has 1 aromatic carbocycles. The van der Waals surface area contributed by atoms with Gasteiger partial charge in [-0.3, -0.25) is 9.59 Å². The van der Waals surface area contributed by atoms with Crippen LogP contribution in [0.5, 0.6) is 0 Å². The molecular formula is C20H19NO5S. The smallest absolute Gasteiger partial charge is 0.350 e. The lowest BCUT2D eigenvalue weighted by atomic mass is 9.80. The summed E-state index contributed by atoms with van der Waals surface area (Å²) in [7, 11) is 1.29. The van der Waals surface area contributed by atoms with Crippen LogP contribution in [-0.2, 0) is 19.1 Å². The van der Waals surface area contributed by atoms with E-state index in [0.717, 1.165) is 35.8 Å². The Bertz CT molecular complexity index is 960. The normalized spacial score (nSPS) is 21.8. The lowest BCUT2D eigenvalue weighted by Crippen LogP contribution is -2.39. The predicted molar refractivity (Wildman–Crippen MR) is 102 cm³/mol. The number of hydrogen-bond acceptors (Lipinski definition) is 6. The summed E-state index contributed by atoms with van der Waals surface area (Å²) >= 11 is 1.24. The number of carbonyl (C=O) groups excluding carboxylic acids is 3. The van der Waals surface area contributed by atoms with Crippen LogP contribution < -0.4 is 5.32 Å². The monoisotopic (exact) mass is 385 g/mol. The van der Waals surface area contributed by atoms with Crippen LogP contribution >= 0.6 is 11.3 Å². The number of ether oxygens (including phenoxy) is 2. The van der Waals surface area contributed by atoms with Crippen LogP contribution in [-0.4, -0.2) is 30.9 Å². The third kappa shape index (κ3) is 3.12. The Balaban J connectivity index is 1.66. The molecule has 0 radical (unpaired) electrons. The number of amides is 1. The van der Waals surface area contributed by atoms with Gasteiger partial charge < -0.3 is 14.8 Å². The van der Waals surface area contributed by atoms with Gasteiger partial charge in [-0.15, -0.1) is 11.3 Å². The minimum Gasteiger partial charge on any atom is -0.496 e. The summed E-state index contributed by atoms with van der Waals surface area (Å²) in [6.45, 7) is 0. The second kappa shape index (κ2) is 7.15. The van der Waals surface area contributed by atoms with Crippen LogP contribution in [0, 0.1) is 5.92 Å². The van der Waals surface area contributed by atoms with E-state index in [0.29, 0.717) is 10.6 Å². The first-order valence-corrected chi connectivity index (χ1v) is 9.73. The van der Waals surface area contributed by atoms with E-state index >= 15 is 0 Å². The fourth-order valence-electron chi connectivity index (χ4n) is 3.73. The second-order valence-corrected chi connectivity index (χ2v) is 7.76. The van der Waals surface area contributed by atoms with Gasteiger partial charge in [0.25, 0.3) is 5.91 Å². The average molecular weight is 385 g/mol. The van der Waals surface area contributed by atoms with Crippen molar-refractivity contribution in [2.75, 3.05) is 12.4 Å². The van der Waals surface area contributed by atoms with Gasteiger partial charge in [-0.25, -0.2) is 4.79 Å². The van der Waals surface area contributed by atoms with Crippen molar-refractivity contribution in [1.29, 1.82) is 0 Å². The SMILES string of the molecule is COC(=O)c1sc2ccccc2c1NC(=O)C1=COC2CCCCC2C1=O. The number of rotatable bonds is 3. The van der Waals surface area contributed by atoms with Gasteiger partial charge in [-0.05, 0) is 25.3 Å². The number of benzene rings is 1. The summed E-state index contributed by atoms with van der Waals surface area (Å²) in [5.74, 6) is -1.52. The first-order valence-electron chi connectivity index (χ1n) is 8.91. The number of fused-ring (bicyclic) bond motifs is 2. The maximum Gasteiger partial charge on any atom is 0.350 e. The third-order valence-corrected chi connectivity index (χ3v) is 6.27. The zero-order chi connectivity index (χ0) is 19.0. The van der Waals surface area contributed by atoms with E-state index in [1.54, 1.807) is 0 Å². The molecule has 1 aromatic heterocycles.